The number of nitrogens with two attached hydrogens (primary N) is 1. The smallest absolute Gasteiger partial charge is 0.00773 e. The molecule has 0 radical (unpaired) electrons. The maximum absolute atomic E-state index is 5.44. The Morgan fingerprint density at radius 2 is 1.27 bits per heavy atom. The second kappa shape index (κ2) is 13.7. The Morgan fingerprint density at radius 3 is 1.80 bits per heavy atom. The van der Waals surface area contributed by atoms with Crippen LogP contribution in [0.1, 0.15) is 71.1 Å². The SMILES string of the molecule is CC/C=C/CCCCCCCCCCN. The molecule has 0 aromatic rings. The van der Waals surface area contributed by atoms with Gasteiger partial charge in [-0.2, -0.15) is 0 Å². The zero-order valence-corrected chi connectivity index (χ0v) is 10.5. The molecule has 2 N–H and O–H groups in total. The van der Waals surface area contributed by atoms with Crippen LogP contribution in [0.25, 0.3) is 0 Å². The summed E-state index contributed by atoms with van der Waals surface area (Å²) < 4.78 is 0. The van der Waals surface area contributed by atoms with Gasteiger partial charge in [0.2, 0.25) is 0 Å². The van der Waals surface area contributed by atoms with Gasteiger partial charge in [-0.3, -0.25) is 0 Å². The van der Waals surface area contributed by atoms with E-state index in [1.54, 1.807) is 0 Å². The standard InChI is InChI=1S/C14H29N/c1-2-3-4-5-6-7-8-9-10-11-12-13-14-15/h3-4H,2,5-15H2,1H3/b4-3+. The molecule has 1 nitrogen and oxygen atoms in total. The van der Waals surface area contributed by atoms with Gasteiger partial charge in [0.25, 0.3) is 0 Å². The van der Waals surface area contributed by atoms with Crippen molar-refractivity contribution in [3.63, 3.8) is 0 Å². The second-order valence-corrected chi connectivity index (χ2v) is 4.29. The van der Waals surface area contributed by atoms with E-state index in [4.69, 9.17) is 5.73 Å². The highest BCUT2D eigenvalue weighted by Gasteiger charge is 1.90. The van der Waals surface area contributed by atoms with Crippen LogP contribution in [0.5, 0.6) is 0 Å². The molecule has 0 heterocycles. The van der Waals surface area contributed by atoms with Crippen molar-refractivity contribution in [3.8, 4) is 0 Å². The van der Waals surface area contributed by atoms with Gasteiger partial charge >= 0.3 is 0 Å². The lowest BCUT2D eigenvalue weighted by atomic mass is 10.1. The minimum absolute atomic E-state index is 0.865. The minimum Gasteiger partial charge on any atom is -0.330 e. The number of allylic oxidation sites excluding steroid dienone is 2. The first kappa shape index (κ1) is 14.7. The molecule has 0 bridgehead atoms. The summed E-state index contributed by atoms with van der Waals surface area (Å²) in [7, 11) is 0. The van der Waals surface area contributed by atoms with Crippen molar-refractivity contribution >= 4 is 0 Å². The molecule has 0 fully saturated rings. The molecule has 0 rings (SSSR count). The van der Waals surface area contributed by atoms with Crippen molar-refractivity contribution in [1.82, 2.24) is 0 Å². The van der Waals surface area contributed by atoms with E-state index in [2.05, 4.69) is 19.1 Å². The van der Waals surface area contributed by atoms with Crippen molar-refractivity contribution in [2.45, 2.75) is 71.1 Å². The van der Waals surface area contributed by atoms with Gasteiger partial charge in [-0.25, -0.2) is 0 Å². The molecule has 0 spiro atoms. The van der Waals surface area contributed by atoms with Gasteiger partial charge in [-0.15, -0.1) is 0 Å². The van der Waals surface area contributed by atoms with E-state index in [0.717, 1.165) is 6.54 Å². The monoisotopic (exact) mass is 211 g/mol. The average Bonchev–Trinajstić information content (AvgIpc) is 2.26. The van der Waals surface area contributed by atoms with Gasteiger partial charge < -0.3 is 5.73 Å². The number of hydrogen-bond acceptors (Lipinski definition) is 1. The van der Waals surface area contributed by atoms with Gasteiger partial charge in [-0.1, -0.05) is 57.6 Å². The van der Waals surface area contributed by atoms with Gasteiger partial charge in [0.05, 0.1) is 0 Å². The van der Waals surface area contributed by atoms with Crippen LogP contribution in [0.3, 0.4) is 0 Å². The molecule has 0 saturated heterocycles. The Morgan fingerprint density at radius 1 is 0.733 bits per heavy atom. The molecule has 0 atom stereocenters. The molecule has 90 valence electrons. The summed E-state index contributed by atoms with van der Waals surface area (Å²) in [6, 6.07) is 0. The van der Waals surface area contributed by atoms with Crippen molar-refractivity contribution in [1.29, 1.82) is 0 Å². The van der Waals surface area contributed by atoms with E-state index in [0.29, 0.717) is 0 Å². The Hall–Kier alpha value is -0.300. The molecule has 0 amide bonds. The first-order valence-corrected chi connectivity index (χ1v) is 6.77. The number of unbranched alkanes of at least 4 members (excludes halogenated alkanes) is 8. The Kier molecular flexibility index (Phi) is 13.4. The fourth-order valence-electron chi connectivity index (χ4n) is 1.75. The van der Waals surface area contributed by atoms with Crippen molar-refractivity contribution in [2.75, 3.05) is 6.54 Å². The second-order valence-electron chi connectivity index (χ2n) is 4.29. The molecule has 0 aliphatic heterocycles. The predicted molar refractivity (Wildman–Crippen MR) is 70.0 cm³/mol. The first-order valence-electron chi connectivity index (χ1n) is 6.77. The van der Waals surface area contributed by atoms with E-state index in [1.807, 2.05) is 0 Å². The zero-order valence-electron chi connectivity index (χ0n) is 10.5. The van der Waals surface area contributed by atoms with E-state index >= 15 is 0 Å². The fraction of sp³-hybridized carbons (Fsp3) is 0.857. The summed E-state index contributed by atoms with van der Waals surface area (Å²) in [4.78, 5) is 0. The van der Waals surface area contributed by atoms with Gasteiger partial charge in [0, 0.05) is 0 Å². The van der Waals surface area contributed by atoms with E-state index in [-0.39, 0.29) is 0 Å². The third-order valence-electron chi connectivity index (χ3n) is 2.73. The van der Waals surface area contributed by atoms with Crippen LogP contribution in [0.4, 0.5) is 0 Å². The number of rotatable bonds is 11. The quantitative estimate of drug-likeness (QED) is 0.397. The molecule has 0 aliphatic rings. The number of hydrogen-bond donors (Lipinski definition) is 1. The normalized spacial score (nSPS) is 11.3. The largest absolute Gasteiger partial charge is 0.330 e. The van der Waals surface area contributed by atoms with Crippen LogP contribution >= 0.6 is 0 Å². The topological polar surface area (TPSA) is 26.0 Å². The zero-order chi connectivity index (χ0) is 11.2. The highest BCUT2D eigenvalue weighted by atomic mass is 14.5. The van der Waals surface area contributed by atoms with Crippen LogP contribution in [-0.4, -0.2) is 6.54 Å². The molecule has 0 aromatic heterocycles. The summed E-state index contributed by atoms with van der Waals surface area (Å²) in [6.45, 7) is 3.06. The van der Waals surface area contributed by atoms with Crippen molar-refractivity contribution < 1.29 is 0 Å². The summed E-state index contributed by atoms with van der Waals surface area (Å²) in [5, 5.41) is 0. The Balaban J connectivity index is 2.89. The highest BCUT2D eigenvalue weighted by Crippen LogP contribution is 2.09. The Labute approximate surface area is 96.1 Å². The van der Waals surface area contributed by atoms with Gasteiger partial charge in [0.1, 0.15) is 0 Å². The lowest BCUT2D eigenvalue weighted by Crippen LogP contribution is -1.97. The average molecular weight is 211 g/mol. The lowest BCUT2D eigenvalue weighted by molar-refractivity contribution is 0.571. The van der Waals surface area contributed by atoms with Crippen molar-refractivity contribution in [3.05, 3.63) is 12.2 Å². The molecule has 0 saturated carbocycles. The summed E-state index contributed by atoms with van der Waals surface area (Å²) in [5.41, 5.74) is 5.44. The van der Waals surface area contributed by atoms with Crippen LogP contribution in [0.15, 0.2) is 12.2 Å². The lowest BCUT2D eigenvalue weighted by Gasteiger charge is -2.00. The summed E-state index contributed by atoms with van der Waals surface area (Å²) in [5.74, 6) is 0. The van der Waals surface area contributed by atoms with Crippen LogP contribution in [0.2, 0.25) is 0 Å². The van der Waals surface area contributed by atoms with E-state index in [1.165, 1.54) is 64.2 Å². The highest BCUT2D eigenvalue weighted by molar-refractivity contribution is 4.79. The van der Waals surface area contributed by atoms with Crippen molar-refractivity contribution in [2.24, 2.45) is 5.73 Å². The third kappa shape index (κ3) is 13.7. The third-order valence-corrected chi connectivity index (χ3v) is 2.73. The summed E-state index contributed by atoms with van der Waals surface area (Å²) >= 11 is 0. The van der Waals surface area contributed by atoms with Crippen LogP contribution < -0.4 is 5.73 Å². The maximum Gasteiger partial charge on any atom is -0.00773 e. The molecule has 1 heteroatoms. The molecular weight excluding hydrogens is 182 g/mol. The van der Waals surface area contributed by atoms with E-state index in [9.17, 15) is 0 Å². The molecule has 15 heavy (non-hydrogen) atoms. The molecule has 0 unspecified atom stereocenters. The fourth-order valence-corrected chi connectivity index (χ4v) is 1.75. The van der Waals surface area contributed by atoms with Crippen LogP contribution in [0, 0.1) is 0 Å². The maximum atomic E-state index is 5.44. The minimum atomic E-state index is 0.865. The summed E-state index contributed by atoms with van der Waals surface area (Å²) in [6.07, 6.45) is 18.0. The van der Waals surface area contributed by atoms with Gasteiger partial charge in [-0.05, 0) is 32.2 Å². The molecular formula is C14H29N. The Bertz CT molecular complexity index is 129. The first-order chi connectivity index (χ1) is 7.41. The predicted octanol–water partition coefficient (Wildman–Crippen LogP) is 4.42. The van der Waals surface area contributed by atoms with E-state index < -0.39 is 0 Å². The van der Waals surface area contributed by atoms with Gasteiger partial charge in [0.15, 0.2) is 0 Å². The van der Waals surface area contributed by atoms with Crippen LogP contribution in [-0.2, 0) is 0 Å². The molecule has 0 aromatic carbocycles. The molecule has 0 aliphatic carbocycles.